The zero-order chi connectivity index (χ0) is 13.9. The monoisotopic (exact) mass is 275 g/mol. The summed E-state index contributed by atoms with van der Waals surface area (Å²) in [6, 6.07) is 0. The minimum Gasteiger partial charge on any atom is -0.340 e. The zero-order valence-electron chi connectivity index (χ0n) is 12.0. The second-order valence-corrected chi connectivity index (χ2v) is 5.42. The van der Waals surface area contributed by atoms with Gasteiger partial charge in [-0.05, 0) is 32.4 Å². The third-order valence-corrected chi connectivity index (χ3v) is 3.72. The van der Waals surface area contributed by atoms with E-state index in [1.165, 1.54) is 12.8 Å². The lowest BCUT2D eigenvalue weighted by atomic mass is 9.98. The quantitative estimate of drug-likeness (QED) is 0.856. The van der Waals surface area contributed by atoms with E-state index in [-0.39, 0.29) is 0 Å². The van der Waals surface area contributed by atoms with Crippen LogP contribution in [0.3, 0.4) is 0 Å². The largest absolute Gasteiger partial charge is 0.340 e. The van der Waals surface area contributed by atoms with Crippen molar-refractivity contribution in [2.45, 2.75) is 12.8 Å². The molecule has 108 valence electrons. The van der Waals surface area contributed by atoms with E-state index in [0.29, 0.717) is 5.92 Å². The average molecular weight is 275 g/mol. The SMILES string of the molecule is CNCC1CCCN(c2n[nH]c(-c3cn(C)cn3)n2)C1. The van der Waals surface area contributed by atoms with Crippen molar-refractivity contribution >= 4 is 5.95 Å². The third kappa shape index (κ3) is 2.67. The number of aromatic amines is 1. The first-order valence-corrected chi connectivity index (χ1v) is 7.06. The van der Waals surface area contributed by atoms with Crippen LogP contribution in [0.4, 0.5) is 5.95 Å². The smallest absolute Gasteiger partial charge is 0.245 e. The maximum atomic E-state index is 4.58. The highest BCUT2D eigenvalue weighted by molar-refractivity contribution is 5.50. The fourth-order valence-corrected chi connectivity index (χ4v) is 2.75. The van der Waals surface area contributed by atoms with Gasteiger partial charge in [-0.15, -0.1) is 5.10 Å². The predicted molar refractivity (Wildman–Crippen MR) is 77.4 cm³/mol. The molecule has 1 saturated heterocycles. The molecule has 1 aliphatic heterocycles. The van der Waals surface area contributed by atoms with Gasteiger partial charge in [0.25, 0.3) is 0 Å². The maximum absolute atomic E-state index is 4.58. The number of nitrogens with zero attached hydrogens (tertiary/aromatic N) is 5. The van der Waals surface area contributed by atoms with Gasteiger partial charge >= 0.3 is 0 Å². The molecular weight excluding hydrogens is 254 g/mol. The highest BCUT2D eigenvalue weighted by Gasteiger charge is 2.22. The van der Waals surface area contributed by atoms with Crippen LogP contribution in [0.25, 0.3) is 11.5 Å². The molecule has 7 heteroatoms. The first-order valence-electron chi connectivity index (χ1n) is 7.06. The summed E-state index contributed by atoms with van der Waals surface area (Å²) in [5.74, 6) is 2.19. The maximum Gasteiger partial charge on any atom is 0.245 e. The molecular formula is C13H21N7. The Kier molecular flexibility index (Phi) is 3.68. The Morgan fingerprint density at radius 2 is 2.40 bits per heavy atom. The second kappa shape index (κ2) is 5.62. The number of anilines is 1. The summed E-state index contributed by atoms with van der Waals surface area (Å²) < 4.78 is 1.90. The summed E-state index contributed by atoms with van der Waals surface area (Å²) in [4.78, 5) is 11.1. The van der Waals surface area contributed by atoms with E-state index in [2.05, 4.69) is 30.4 Å². The molecule has 2 N–H and O–H groups in total. The number of aryl methyl sites for hydroxylation is 1. The summed E-state index contributed by atoms with van der Waals surface area (Å²) in [6.07, 6.45) is 6.17. The molecule has 1 fully saturated rings. The van der Waals surface area contributed by atoms with Crippen LogP contribution in [0.15, 0.2) is 12.5 Å². The molecule has 0 aliphatic carbocycles. The zero-order valence-corrected chi connectivity index (χ0v) is 12.0. The Labute approximate surface area is 118 Å². The summed E-state index contributed by atoms with van der Waals surface area (Å²) >= 11 is 0. The van der Waals surface area contributed by atoms with Gasteiger partial charge in [0.2, 0.25) is 5.95 Å². The first-order chi connectivity index (χ1) is 9.76. The lowest BCUT2D eigenvalue weighted by Crippen LogP contribution is -2.39. The van der Waals surface area contributed by atoms with E-state index in [1.807, 2.05) is 24.9 Å². The summed E-state index contributed by atoms with van der Waals surface area (Å²) in [7, 11) is 3.95. The average Bonchev–Trinajstić information content (AvgIpc) is 3.08. The van der Waals surface area contributed by atoms with Crippen LogP contribution in [0, 0.1) is 5.92 Å². The van der Waals surface area contributed by atoms with Crippen LogP contribution >= 0.6 is 0 Å². The fourth-order valence-electron chi connectivity index (χ4n) is 2.75. The van der Waals surface area contributed by atoms with Crippen molar-refractivity contribution in [3.8, 4) is 11.5 Å². The molecule has 1 unspecified atom stereocenters. The number of piperidine rings is 1. The highest BCUT2D eigenvalue weighted by Crippen LogP contribution is 2.21. The number of rotatable bonds is 4. The molecule has 2 aromatic rings. The lowest BCUT2D eigenvalue weighted by Gasteiger charge is -2.31. The normalized spacial score (nSPS) is 19.5. The molecule has 1 atom stereocenters. The Bertz CT molecular complexity index is 557. The minimum atomic E-state index is 0.672. The molecule has 1 aliphatic rings. The van der Waals surface area contributed by atoms with Crippen molar-refractivity contribution in [3.05, 3.63) is 12.5 Å². The highest BCUT2D eigenvalue weighted by atomic mass is 15.4. The number of nitrogens with one attached hydrogen (secondary N) is 2. The predicted octanol–water partition coefficient (Wildman–Crippen LogP) is 0.641. The van der Waals surface area contributed by atoms with Gasteiger partial charge in [-0.3, -0.25) is 5.10 Å². The summed E-state index contributed by atoms with van der Waals surface area (Å²) in [6.45, 7) is 3.09. The number of H-pyrrole nitrogens is 1. The topological polar surface area (TPSA) is 74.7 Å². The van der Waals surface area contributed by atoms with Crippen LogP contribution in [-0.2, 0) is 7.05 Å². The van der Waals surface area contributed by atoms with Crippen LogP contribution in [0.1, 0.15) is 12.8 Å². The van der Waals surface area contributed by atoms with Crippen molar-refractivity contribution in [1.29, 1.82) is 0 Å². The molecule has 0 amide bonds. The Balaban J connectivity index is 1.73. The van der Waals surface area contributed by atoms with Crippen LogP contribution in [-0.4, -0.2) is 51.4 Å². The molecule has 0 spiro atoms. The summed E-state index contributed by atoms with van der Waals surface area (Å²) in [5, 5.41) is 10.6. The second-order valence-electron chi connectivity index (χ2n) is 5.42. The van der Waals surface area contributed by atoms with Gasteiger partial charge in [-0.25, -0.2) is 4.98 Å². The summed E-state index contributed by atoms with van der Waals surface area (Å²) in [5.41, 5.74) is 0.829. The number of hydrogen-bond donors (Lipinski definition) is 2. The van der Waals surface area contributed by atoms with E-state index in [1.54, 1.807) is 6.33 Å². The van der Waals surface area contributed by atoms with E-state index in [9.17, 15) is 0 Å². The van der Waals surface area contributed by atoms with E-state index in [0.717, 1.165) is 37.1 Å². The van der Waals surface area contributed by atoms with Gasteiger partial charge in [0.1, 0.15) is 5.69 Å². The Morgan fingerprint density at radius 3 is 3.15 bits per heavy atom. The Hall–Kier alpha value is -1.89. The lowest BCUT2D eigenvalue weighted by molar-refractivity contribution is 0.399. The van der Waals surface area contributed by atoms with Crippen LogP contribution in [0.2, 0.25) is 0 Å². The van der Waals surface area contributed by atoms with E-state index >= 15 is 0 Å². The van der Waals surface area contributed by atoms with Crippen molar-refractivity contribution < 1.29 is 0 Å². The van der Waals surface area contributed by atoms with Gasteiger partial charge < -0.3 is 14.8 Å². The first kappa shape index (κ1) is 13.1. The van der Waals surface area contributed by atoms with E-state index in [4.69, 9.17) is 0 Å². The molecule has 0 aromatic carbocycles. The van der Waals surface area contributed by atoms with Gasteiger partial charge in [0.05, 0.1) is 6.33 Å². The van der Waals surface area contributed by atoms with Gasteiger partial charge in [-0.2, -0.15) is 4.98 Å². The standard InChI is InChI=1S/C13H21N7/c1-14-6-10-4-3-5-20(7-10)13-16-12(17-18-13)11-8-19(2)9-15-11/h8-10,14H,3-7H2,1-2H3,(H,16,17,18). The van der Waals surface area contributed by atoms with Crippen LogP contribution < -0.4 is 10.2 Å². The molecule has 0 bridgehead atoms. The molecule has 2 aromatic heterocycles. The van der Waals surface area contributed by atoms with Gasteiger partial charge in [0, 0.05) is 26.3 Å². The van der Waals surface area contributed by atoms with Crippen molar-refractivity contribution in [2.75, 3.05) is 31.6 Å². The molecule has 3 heterocycles. The number of hydrogen-bond acceptors (Lipinski definition) is 5. The Morgan fingerprint density at radius 1 is 1.50 bits per heavy atom. The van der Waals surface area contributed by atoms with E-state index < -0.39 is 0 Å². The van der Waals surface area contributed by atoms with Crippen LogP contribution in [0.5, 0.6) is 0 Å². The third-order valence-electron chi connectivity index (χ3n) is 3.72. The molecule has 0 saturated carbocycles. The van der Waals surface area contributed by atoms with Crippen molar-refractivity contribution in [1.82, 2.24) is 30.0 Å². The van der Waals surface area contributed by atoms with Gasteiger partial charge in [0.15, 0.2) is 5.82 Å². The molecule has 7 nitrogen and oxygen atoms in total. The number of aromatic nitrogens is 5. The molecule has 3 rings (SSSR count). The minimum absolute atomic E-state index is 0.672. The molecule has 0 radical (unpaired) electrons. The van der Waals surface area contributed by atoms with Crippen molar-refractivity contribution in [3.63, 3.8) is 0 Å². The molecule has 20 heavy (non-hydrogen) atoms. The van der Waals surface area contributed by atoms with Gasteiger partial charge in [-0.1, -0.05) is 0 Å². The van der Waals surface area contributed by atoms with Crippen molar-refractivity contribution in [2.24, 2.45) is 13.0 Å². The fraction of sp³-hybridized carbons (Fsp3) is 0.615. The number of imidazole rings is 1.